The summed E-state index contributed by atoms with van der Waals surface area (Å²) < 4.78 is 13.3. The summed E-state index contributed by atoms with van der Waals surface area (Å²) in [7, 11) is 0. The molecule has 0 amide bonds. The zero-order chi connectivity index (χ0) is 17.6. The van der Waals surface area contributed by atoms with E-state index in [0.717, 1.165) is 31.7 Å². The Morgan fingerprint density at radius 2 is 1.28 bits per heavy atom. The van der Waals surface area contributed by atoms with Crippen molar-refractivity contribution >= 4 is 0 Å². The minimum absolute atomic E-state index is 0.323. The molecule has 3 rings (SSSR count). The number of benzene rings is 2. The predicted molar refractivity (Wildman–Crippen MR) is 95.6 cm³/mol. The van der Waals surface area contributed by atoms with Crippen molar-refractivity contribution in [3.05, 3.63) is 71.5 Å². The molecule has 2 atom stereocenters. The molecule has 2 N–H and O–H groups in total. The van der Waals surface area contributed by atoms with Gasteiger partial charge in [-0.2, -0.15) is 0 Å². The lowest BCUT2D eigenvalue weighted by Gasteiger charge is -2.36. The molecule has 0 saturated carbocycles. The molecule has 25 heavy (non-hydrogen) atoms. The first-order chi connectivity index (χ1) is 12.1. The Kier molecular flexibility index (Phi) is 6.15. The molecule has 5 heteroatoms. The van der Waals surface area contributed by atoms with Crippen molar-refractivity contribution in [1.82, 2.24) is 9.80 Å². The number of aliphatic hydroxyl groups excluding tert-OH is 2. The third kappa shape index (κ3) is 5.09. The number of nitrogens with zero attached hydrogens (tertiary/aromatic N) is 2. The summed E-state index contributed by atoms with van der Waals surface area (Å²) in [6.07, 6.45) is -1.16. The van der Waals surface area contributed by atoms with E-state index < -0.39 is 12.2 Å². The van der Waals surface area contributed by atoms with Crippen molar-refractivity contribution in [3.63, 3.8) is 0 Å². The first-order valence-electron chi connectivity index (χ1n) is 8.73. The van der Waals surface area contributed by atoms with E-state index in [0.29, 0.717) is 18.7 Å². The number of hydrogen-bond donors (Lipinski definition) is 2. The van der Waals surface area contributed by atoms with Crippen LogP contribution in [0.3, 0.4) is 0 Å². The fourth-order valence-electron chi connectivity index (χ4n) is 3.24. The van der Waals surface area contributed by atoms with Crippen molar-refractivity contribution in [3.8, 4) is 0 Å². The number of rotatable bonds is 6. The van der Waals surface area contributed by atoms with Gasteiger partial charge in [-0.3, -0.25) is 9.80 Å². The number of hydrogen-bond acceptors (Lipinski definition) is 4. The van der Waals surface area contributed by atoms with E-state index in [4.69, 9.17) is 0 Å². The van der Waals surface area contributed by atoms with Gasteiger partial charge in [0, 0.05) is 39.3 Å². The summed E-state index contributed by atoms with van der Waals surface area (Å²) in [5.74, 6) is -0.323. The summed E-state index contributed by atoms with van der Waals surface area (Å²) in [6, 6.07) is 15.8. The Morgan fingerprint density at radius 3 is 1.84 bits per heavy atom. The standard InChI is InChI=1S/C20H25FN2O2/c21-18-8-4-7-17(13-18)20(25)15-23-11-9-22(10-12-23)14-19(24)16-5-2-1-3-6-16/h1-8,13,19-20,24-25H,9-12,14-15H2/t19-,20-/m0/s1. The Balaban J connectivity index is 1.45. The monoisotopic (exact) mass is 344 g/mol. The van der Waals surface area contributed by atoms with E-state index >= 15 is 0 Å². The van der Waals surface area contributed by atoms with E-state index in [9.17, 15) is 14.6 Å². The second-order valence-corrected chi connectivity index (χ2v) is 6.60. The van der Waals surface area contributed by atoms with Gasteiger partial charge in [0.05, 0.1) is 12.2 Å². The molecule has 1 saturated heterocycles. The lowest BCUT2D eigenvalue weighted by atomic mass is 10.1. The van der Waals surface area contributed by atoms with E-state index in [1.165, 1.54) is 12.1 Å². The third-order valence-electron chi connectivity index (χ3n) is 4.74. The molecule has 0 aromatic heterocycles. The Morgan fingerprint density at radius 1 is 0.760 bits per heavy atom. The number of halogens is 1. The van der Waals surface area contributed by atoms with Gasteiger partial charge in [0.2, 0.25) is 0 Å². The van der Waals surface area contributed by atoms with Crippen LogP contribution in [-0.2, 0) is 0 Å². The largest absolute Gasteiger partial charge is 0.387 e. The van der Waals surface area contributed by atoms with E-state index in [-0.39, 0.29) is 5.82 Å². The molecule has 0 unspecified atom stereocenters. The molecule has 1 aliphatic heterocycles. The van der Waals surface area contributed by atoms with Crippen LogP contribution in [0.5, 0.6) is 0 Å². The average molecular weight is 344 g/mol. The number of β-amino-alcohol motifs (C(OH)–C–C–N with tert-alkyl or cyclic N) is 2. The Bertz CT molecular complexity index is 660. The average Bonchev–Trinajstić information content (AvgIpc) is 2.64. The van der Waals surface area contributed by atoms with Gasteiger partial charge >= 0.3 is 0 Å². The van der Waals surface area contributed by atoms with Crippen molar-refractivity contribution in [2.45, 2.75) is 12.2 Å². The van der Waals surface area contributed by atoms with Crippen molar-refractivity contribution in [2.24, 2.45) is 0 Å². The van der Waals surface area contributed by atoms with Crippen molar-refractivity contribution < 1.29 is 14.6 Å². The summed E-state index contributed by atoms with van der Waals surface area (Å²) in [4.78, 5) is 4.42. The predicted octanol–water partition coefficient (Wildman–Crippen LogP) is 2.21. The second-order valence-electron chi connectivity index (χ2n) is 6.60. The first-order valence-corrected chi connectivity index (χ1v) is 8.73. The molecule has 1 heterocycles. The minimum atomic E-state index is -0.683. The Labute approximate surface area is 148 Å². The SMILES string of the molecule is O[C@@H](CN1CCN(C[C@H](O)c2cccc(F)c2)CC1)c1ccccc1. The van der Waals surface area contributed by atoms with E-state index in [1.54, 1.807) is 12.1 Å². The summed E-state index contributed by atoms with van der Waals surface area (Å²) in [6.45, 7) is 4.46. The van der Waals surface area contributed by atoms with Gasteiger partial charge in [-0.15, -0.1) is 0 Å². The molecule has 2 aromatic rings. The van der Waals surface area contributed by atoms with Crippen molar-refractivity contribution in [1.29, 1.82) is 0 Å². The van der Waals surface area contributed by atoms with Gasteiger partial charge < -0.3 is 10.2 Å². The summed E-state index contributed by atoms with van der Waals surface area (Å²) >= 11 is 0. The van der Waals surface area contributed by atoms with E-state index in [2.05, 4.69) is 9.80 Å². The maximum absolute atomic E-state index is 13.3. The zero-order valence-electron chi connectivity index (χ0n) is 14.3. The maximum atomic E-state index is 13.3. The van der Waals surface area contributed by atoms with Gasteiger partial charge in [0.15, 0.2) is 0 Å². The summed E-state index contributed by atoms with van der Waals surface area (Å²) in [5, 5.41) is 20.6. The third-order valence-corrected chi connectivity index (χ3v) is 4.74. The normalized spacial score (nSPS) is 18.8. The molecule has 0 radical (unpaired) electrons. The highest BCUT2D eigenvalue weighted by Gasteiger charge is 2.22. The lowest BCUT2D eigenvalue weighted by molar-refractivity contribution is 0.0482. The van der Waals surface area contributed by atoms with Gasteiger partial charge in [-0.05, 0) is 23.3 Å². The number of aliphatic hydroxyl groups is 2. The van der Waals surface area contributed by atoms with Crippen LogP contribution < -0.4 is 0 Å². The highest BCUT2D eigenvalue weighted by atomic mass is 19.1. The zero-order valence-corrected chi connectivity index (χ0v) is 14.3. The molecule has 1 aliphatic rings. The lowest BCUT2D eigenvalue weighted by Crippen LogP contribution is -2.48. The van der Waals surface area contributed by atoms with Gasteiger partial charge in [-0.1, -0.05) is 42.5 Å². The van der Waals surface area contributed by atoms with E-state index in [1.807, 2.05) is 30.3 Å². The van der Waals surface area contributed by atoms with Crippen LogP contribution in [0, 0.1) is 5.82 Å². The van der Waals surface area contributed by atoms with Crippen LogP contribution in [0.25, 0.3) is 0 Å². The van der Waals surface area contributed by atoms with Gasteiger partial charge in [0.1, 0.15) is 5.82 Å². The highest BCUT2D eigenvalue weighted by Crippen LogP contribution is 2.18. The van der Waals surface area contributed by atoms with Crippen LogP contribution >= 0.6 is 0 Å². The molecule has 2 aromatic carbocycles. The fraction of sp³-hybridized carbons (Fsp3) is 0.400. The van der Waals surface area contributed by atoms with Crippen LogP contribution in [0.2, 0.25) is 0 Å². The molecule has 4 nitrogen and oxygen atoms in total. The molecular formula is C20H25FN2O2. The fourth-order valence-corrected chi connectivity index (χ4v) is 3.24. The molecule has 134 valence electrons. The molecule has 1 fully saturated rings. The molecular weight excluding hydrogens is 319 g/mol. The minimum Gasteiger partial charge on any atom is -0.387 e. The first kappa shape index (κ1) is 18.0. The number of piperazine rings is 1. The van der Waals surface area contributed by atoms with Gasteiger partial charge in [-0.25, -0.2) is 4.39 Å². The Hall–Kier alpha value is -1.79. The van der Waals surface area contributed by atoms with Crippen LogP contribution in [-0.4, -0.2) is 59.3 Å². The quantitative estimate of drug-likeness (QED) is 0.844. The summed E-state index contributed by atoms with van der Waals surface area (Å²) in [5.41, 5.74) is 1.55. The second kappa shape index (κ2) is 8.54. The maximum Gasteiger partial charge on any atom is 0.123 e. The molecule has 0 spiro atoms. The van der Waals surface area contributed by atoms with Crippen molar-refractivity contribution in [2.75, 3.05) is 39.3 Å². The highest BCUT2D eigenvalue weighted by molar-refractivity contribution is 5.19. The van der Waals surface area contributed by atoms with Gasteiger partial charge in [0.25, 0.3) is 0 Å². The van der Waals surface area contributed by atoms with Crippen LogP contribution in [0.1, 0.15) is 23.3 Å². The smallest absolute Gasteiger partial charge is 0.123 e. The topological polar surface area (TPSA) is 46.9 Å². The van der Waals surface area contributed by atoms with Crippen LogP contribution in [0.15, 0.2) is 54.6 Å². The van der Waals surface area contributed by atoms with Crippen LogP contribution in [0.4, 0.5) is 4.39 Å². The molecule has 0 aliphatic carbocycles. The molecule has 0 bridgehead atoms.